The molecule has 0 saturated heterocycles. The molecule has 58 heavy (non-hydrogen) atoms. The van der Waals surface area contributed by atoms with Crippen molar-refractivity contribution in [1.82, 2.24) is 20.2 Å². The van der Waals surface area contributed by atoms with Gasteiger partial charge in [0.1, 0.15) is 5.82 Å². The summed E-state index contributed by atoms with van der Waals surface area (Å²) in [6.07, 6.45) is 29.6. The van der Waals surface area contributed by atoms with Crippen molar-refractivity contribution in [2.75, 3.05) is 37.7 Å². The minimum atomic E-state index is -3.69. The maximum Gasteiger partial charge on any atom is 0.239 e. The van der Waals surface area contributed by atoms with Gasteiger partial charge in [-0.2, -0.15) is 0 Å². The van der Waals surface area contributed by atoms with Gasteiger partial charge in [-0.15, -0.1) is 0 Å². The third kappa shape index (κ3) is 19.6. The summed E-state index contributed by atoms with van der Waals surface area (Å²) >= 11 is 0. The van der Waals surface area contributed by atoms with Crippen LogP contribution in [0.1, 0.15) is 102 Å². The molecule has 1 heterocycles. The summed E-state index contributed by atoms with van der Waals surface area (Å²) < 4.78 is 39.3. The maximum atomic E-state index is 13.8. The van der Waals surface area contributed by atoms with Crippen molar-refractivity contribution in [3.63, 3.8) is 0 Å². The lowest BCUT2D eigenvalue weighted by Gasteiger charge is -2.20. The Morgan fingerprint density at radius 1 is 0.879 bits per heavy atom. The lowest BCUT2D eigenvalue weighted by Crippen LogP contribution is -2.37. The largest absolute Gasteiger partial charge is 0.392 e. The number of hydrogen-bond donors (Lipinski definition) is 3. The number of anilines is 1. The van der Waals surface area contributed by atoms with Gasteiger partial charge < -0.3 is 20.4 Å². The molecule has 0 fully saturated rings. The number of hydrogen-bond acceptors (Lipinski definition) is 8. The van der Waals surface area contributed by atoms with Gasteiger partial charge in [0.05, 0.1) is 36.3 Å². The molecule has 13 heteroatoms. The van der Waals surface area contributed by atoms with Crippen LogP contribution < -0.4 is 9.62 Å². The number of amides is 2. The van der Waals surface area contributed by atoms with E-state index in [0.29, 0.717) is 35.5 Å². The monoisotopic (exact) mass is 821 g/mol. The predicted molar refractivity (Wildman–Crippen MR) is 234 cm³/mol. The van der Waals surface area contributed by atoms with Crippen LogP contribution in [-0.2, 0) is 19.6 Å². The van der Waals surface area contributed by atoms with Crippen LogP contribution in [0.3, 0.4) is 0 Å². The summed E-state index contributed by atoms with van der Waals surface area (Å²) in [5.74, 6) is -1.13. The first-order chi connectivity index (χ1) is 27.6. The molecule has 2 aromatic rings. The number of aliphatic hydroxyl groups is 2. The summed E-state index contributed by atoms with van der Waals surface area (Å²) in [6, 6.07) is 5.57. The Morgan fingerprint density at radius 2 is 1.45 bits per heavy atom. The number of allylic oxidation sites excluding steroid dienone is 10. The third-order valence-electron chi connectivity index (χ3n) is 8.94. The molecule has 0 spiro atoms. The first kappa shape index (κ1) is 49.4. The lowest BCUT2D eigenvalue weighted by molar-refractivity contribution is -0.130. The molecule has 1 aromatic heterocycles. The fourth-order valence-electron chi connectivity index (χ4n) is 5.55. The van der Waals surface area contributed by atoms with Crippen LogP contribution in [0.2, 0.25) is 0 Å². The Morgan fingerprint density at radius 3 is 2.00 bits per heavy atom. The molecule has 0 aliphatic rings. The lowest BCUT2D eigenvalue weighted by atomic mass is 9.97. The van der Waals surface area contributed by atoms with Gasteiger partial charge in [0.15, 0.2) is 0 Å². The molecule has 0 aliphatic heterocycles. The fourth-order valence-corrected chi connectivity index (χ4v) is 5.93. The third-order valence-corrected chi connectivity index (χ3v) is 10.1. The maximum absolute atomic E-state index is 13.8. The molecule has 0 saturated carbocycles. The van der Waals surface area contributed by atoms with Gasteiger partial charge in [0.2, 0.25) is 27.8 Å². The van der Waals surface area contributed by atoms with E-state index in [2.05, 4.69) is 83.0 Å². The van der Waals surface area contributed by atoms with Crippen molar-refractivity contribution in [2.24, 2.45) is 0 Å². The topological polar surface area (TPSA) is 153 Å². The fraction of sp³-hybridized carbons (Fsp3) is 0.467. The zero-order chi connectivity index (χ0) is 42.9. The van der Waals surface area contributed by atoms with Crippen molar-refractivity contribution < 1.29 is 32.6 Å². The van der Waals surface area contributed by atoms with Gasteiger partial charge in [-0.05, 0) is 75.1 Å². The molecule has 0 unspecified atom stereocenters. The van der Waals surface area contributed by atoms with E-state index in [0.717, 1.165) is 55.5 Å². The first-order valence-electron chi connectivity index (χ1n) is 20.1. The van der Waals surface area contributed by atoms with Crippen molar-refractivity contribution in [1.29, 1.82) is 0 Å². The number of sulfonamides is 1. The Kier molecular flexibility index (Phi) is 23.1. The number of benzene rings is 1. The van der Waals surface area contributed by atoms with E-state index in [-0.39, 0.29) is 37.2 Å². The van der Waals surface area contributed by atoms with Crippen LogP contribution in [0.25, 0.3) is 17.3 Å². The van der Waals surface area contributed by atoms with Crippen LogP contribution in [0.4, 0.5) is 10.3 Å². The van der Waals surface area contributed by atoms with Crippen LogP contribution >= 0.6 is 0 Å². The Labute approximate surface area is 345 Å². The standard InChI is InChI=1S/C45H64FN5O6S/c1-7-8-9-10-11-12-13-14-15-16-17-18-19-20-21-22-23-24-42(55)50(4)32-31-47-41(54)34-39(53)33-38(52)29-30-40-43(35(2)3)48-45(51(5)58(6,56)57)49-44(40)36-25-27-37(46)28-26-36/h8-9,11-12,14-15,17-18,20-21,25-30,35,38-39,52-53H,7,10,13,16,19,22-24,31-34H2,1-6H3,(H,47,54)/b9-8-,12-11-,15-14-,18-17-,21-20-,30-29+/t38-,39-/m1/s1. The number of aliphatic hydroxyl groups excluding tert-OH is 2. The van der Waals surface area contributed by atoms with E-state index in [1.54, 1.807) is 18.0 Å². The minimum Gasteiger partial charge on any atom is -0.392 e. The molecule has 11 nitrogen and oxygen atoms in total. The highest BCUT2D eigenvalue weighted by Gasteiger charge is 2.23. The molecule has 0 bridgehead atoms. The second-order valence-electron chi connectivity index (χ2n) is 14.3. The van der Waals surface area contributed by atoms with Crippen LogP contribution in [0.15, 0.2) is 91.1 Å². The molecule has 2 amide bonds. The van der Waals surface area contributed by atoms with E-state index in [9.17, 15) is 32.6 Å². The summed E-state index contributed by atoms with van der Waals surface area (Å²) in [5.41, 5.74) is 1.83. The van der Waals surface area contributed by atoms with Crippen molar-refractivity contribution in [3.8, 4) is 11.3 Å². The summed E-state index contributed by atoms with van der Waals surface area (Å²) in [5, 5.41) is 24.1. The molecule has 0 aliphatic carbocycles. The van der Waals surface area contributed by atoms with Gasteiger partial charge in [-0.3, -0.25) is 9.59 Å². The number of nitrogens with one attached hydrogen (secondary N) is 1. The second-order valence-corrected chi connectivity index (χ2v) is 16.4. The average molecular weight is 822 g/mol. The van der Waals surface area contributed by atoms with Crippen molar-refractivity contribution in [3.05, 3.63) is 108 Å². The molecule has 0 radical (unpaired) electrons. The quantitative estimate of drug-likeness (QED) is 0.0642. The number of rotatable bonds is 26. The van der Waals surface area contributed by atoms with Gasteiger partial charge in [0, 0.05) is 51.2 Å². The average Bonchev–Trinajstić information content (AvgIpc) is 3.17. The highest BCUT2D eigenvalue weighted by atomic mass is 32.2. The Bertz CT molecular complexity index is 1850. The molecular weight excluding hydrogens is 758 g/mol. The van der Waals surface area contributed by atoms with Crippen LogP contribution in [0.5, 0.6) is 0 Å². The molecule has 2 atom stereocenters. The van der Waals surface area contributed by atoms with Crippen LogP contribution in [0, 0.1) is 5.82 Å². The summed E-state index contributed by atoms with van der Waals surface area (Å²) in [7, 11) is -0.654. The van der Waals surface area contributed by atoms with Gasteiger partial charge >= 0.3 is 0 Å². The molecule has 1 aromatic carbocycles. The number of aromatic nitrogens is 2. The van der Waals surface area contributed by atoms with E-state index >= 15 is 0 Å². The van der Waals surface area contributed by atoms with E-state index in [1.165, 1.54) is 37.4 Å². The molecular formula is C45H64FN5O6S. The second kappa shape index (κ2) is 27.1. The normalized spacial score (nSPS) is 13.6. The Balaban J connectivity index is 1.78. The zero-order valence-corrected chi connectivity index (χ0v) is 35.9. The molecule has 2 rings (SSSR count). The highest BCUT2D eigenvalue weighted by molar-refractivity contribution is 7.92. The first-order valence-corrected chi connectivity index (χ1v) is 21.9. The minimum absolute atomic E-state index is 0.0118. The molecule has 3 N–H and O–H groups in total. The van der Waals surface area contributed by atoms with Gasteiger partial charge in [-0.1, -0.05) is 93.7 Å². The number of nitrogens with zero attached hydrogens (tertiary/aromatic N) is 4. The Hall–Kier alpha value is -4.72. The molecule has 318 valence electrons. The van der Waals surface area contributed by atoms with E-state index in [4.69, 9.17) is 0 Å². The van der Waals surface area contributed by atoms with Gasteiger partial charge in [-0.25, -0.2) is 27.1 Å². The SMILES string of the molecule is CC/C=C\C/C=C\C/C=C\C/C=C\C/C=C\CCCC(=O)N(C)CCNC(=O)C[C@H](O)C[C@H](O)/C=C/c1c(-c2ccc(F)cc2)nc(N(C)S(C)(=O)=O)nc1C(C)C. The van der Waals surface area contributed by atoms with Crippen molar-refractivity contribution >= 4 is 33.9 Å². The van der Waals surface area contributed by atoms with Gasteiger partial charge in [0.25, 0.3) is 0 Å². The smallest absolute Gasteiger partial charge is 0.239 e. The number of carbonyl (C=O) groups excluding carboxylic acids is 2. The number of unbranched alkanes of at least 4 members (excludes halogenated alkanes) is 1. The number of carbonyl (C=O) groups is 2. The summed E-state index contributed by atoms with van der Waals surface area (Å²) in [4.78, 5) is 35.7. The number of likely N-dealkylation sites (N-methyl/N-ethyl adjacent to an activating group) is 1. The summed E-state index contributed by atoms with van der Waals surface area (Å²) in [6.45, 7) is 6.43. The zero-order valence-electron chi connectivity index (χ0n) is 35.1. The van der Waals surface area contributed by atoms with E-state index < -0.39 is 34.0 Å². The number of halogens is 1. The van der Waals surface area contributed by atoms with E-state index in [1.807, 2.05) is 13.8 Å². The van der Waals surface area contributed by atoms with Crippen molar-refractivity contribution in [2.45, 2.75) is 103 Å². The highest BCUT2D eigenvalue weighted by Crippen LogP contribution is 2.32. The van der Waals surface area contributed by atoms with Crippen LogP contribution in [-0.4, -0.2) is 91.0 Å². The predicted octanol–water partition coefficient (Wildman–Crippen LogP) is 7.81.